The Morgan fingerprint density at radius 3 is 2.71 bits per heavy atom. The van der Waals surface area contributed by atoms with E-state index < -0.39 is 9.84 Å². The molecule has 1 aliphatic rings. The van der Waals surface area contributed by atoms with E-state index in [0.717, 1.165) is 0 Å². The van der Waals surface area contributed by atoms with Crippen LogP contribution in [0.3, 0.4) is 0 Å². The second kappa shape index (κ2) is 6.20. The van der Waals surface area contributed by atoms with Crippen LogP contribution in [0, 0.1) is 5.92 Å². The van der Waals surface area contributed by atoms with Gasteiger partial charge in [-0.15, -0.1) is 0 Å². The molecule has 2 amide bonds. The summed E-state index contributed by atoms with van der Waals surface area (Å²) in [6.07, 6.45) is 1.27. The van der Waals surface area contributed by atoms with Gasteiger partial charge in [-0.2, -0.15) is 0 Å². The van der Waals surface area contributed by atoms with Crippen molar-refractivity contribution in [3.05, 3.63) is 0 Å². The van der Waals surface area contributed by atoms with Crippen molar-refractivity contribution in [3.8, 4) is 0 Å². The number of hydrogen-bond donors (Lipinski definition) is 3. The van der Waals surface area contributed by atoms with Crippen molar-refractivity contribution in [2.24, 2.45) is 5.92 Å². The van der Waals surface area contributed by atoms with Crippen LogP contribution in [0.2, 0.25) is 0 Å². The summed E-state index contributed by atoms with van der Waals surface area (Å²) in [4.78, 5) is 11.4. The number of rotatable bonds is 5. The molecule has 1 saturated heterocycles. The fourth-order valence-corrected chi connectivity index (χ4v) is 3.65. The highest BCUT2D eigenvalue weighted by molar-refractivity contribution is 7.91. The molecule has 100 valence electrons. The fraction of sp³-hybridized carbons (Fsp3) is 0.900. The van der Waals surface area contributed by atoms with E-state index in [9.17, 15) is 13.2 Å². The number of aliphatic hydroxyl groups excluding tert-OH is 1. The maximum absolute atomic E-state index is 11.4. The Hall–Kier alpha value is -0.820. The lowest BCUT2D eigenvalue weighted by Gasteiger charge is -2.16. The highest BCUT2D eigenvalue weighted by atomic mass is 32.2. The van der Waals surface area contributed by atoms with Crippen LogP contribution in [0.4, 0.5) is 4.79 Å². The first-order valence-corrected chi connectivity index (χ1v) is 7.64. The molecule has 1 rings (SSSR count). The van der Waals surface area contributed by atoms with Crippen LogP contribution in [0.25, 0.3) is 0 Å². The van der Waals surface area contributed by atoms with E-state index in [1.807, 2.05) is 6.92 Å². The van der Waals surface area contributed by atoms with Gasteiger partial charge in [0.2, 0.25) is 0 Å². The SMILES string of the molecule is CC[C@@H](CO)NC(=O)NC[C@H]1CCS(=O)(=O)C1. The maximum atomic E-state index is 11.4. The summed E-state index contributed by atoms with van der Waals surface area (Å²) < 4.78 is 22.4. The molecule has 0 aromatic carbocycles. The van der Waals surface area contributed by atoms with E-state index in [-0.39, 0.29) is 36.1 Å². The lowest BCUT2D eigenvalue weighted by Crippen LogP contribution is -2.45. The predicted octanol–water partition coefficient (Wildman–Crippen LogP) is -0.509. The average Bonchev–Trinajstić information content (AvgIpc) is 2.63. The zero-order valence-corrected chi connectivity index (χ0v) is 10.8. The molecule has 3 N–H and O–H groups in total. The molecule has 0 aliphatic carbocycles. The van der Waals surface area contributed by atoms with Gasteiger partial charge in [-0.05, 0) is 18.8 Å². The number of amides is 2. The Kier molecular flexibility index (Phi) is 5.20. The van der Waals surface area contributed by atoms with Crippen molar-refractivity contribution >= 4 is 15.9 Å². The van der Waals surface area contributed by atoms with Crippen molar-refractivity contribution in [3.63, 3.8) is 0 Å². The number of carbonyl (C=O) groups is 1. The van der Waals surface area contributed by atoms with Gasteiger partial charge < -0.3 is 15.7 Å². The van der Waals surface area contributed by atoms with E-state index >= 15 is 0 Å². The molecule has 7 heteroatoms. The van der Waals surface area contributed by atoms with Gasteiger partial charge >= 0.3 is 6.03 Å². The standard InChI is InChI=1S/C10H20N2O4S/c1-2-9(6-13)12-10(14)11-5-8-3-4-17(15,16)7-8/h8-9,13H,2-7H2,1H3,(H2,11,12,14)/t8-,9+/m1/s1. The molecule has 0 aromatic rings. The molecule has 1 aliphatic heterocycles. The highest BCUT2D eigenvalue weighted by Gasteiger charge is 2.27. The Morgan fingerprint density at radius 1 is 1.53 bits per heavy atom. The Morgan fingerprint density at radius 2 is 2.24 bits per heavy atom. The lowest BCUT2D eigenvalue weighted by molar-refractivity contribution is 0.213. The minimum Gasteiger partial charge on any atom is -0.394 e. The van der Waals surface area contributed by atoms with E-state index in [4.69, 9.17) is 5.11 Å². The van der Waals surface area contributed by atoms with Gasteiger partial charge in [0.25, 0.3) is 0 Å². The van der Waals surface area contributed by atoms with Gasteiger partial charge in [0.15, 0.2) is 9.84 Å². The van der Waals surface area contributed by atoms with Gasteiger partial charge in [-0.25, -0.2) is 13.2 Å². The number of hydrogen-bond acceptors (Lipinski definition) is 4. The summed E-state index contributed by atoms with van der Waals surface area (Å²) in [5.74, 6) is 0.389. The van der Waals surface area contributed by atoms with E-state index in [2.05, 4.69) is 10.6 Å². The summed E-state index contributed by atoms with van der Waals surface area (Å²) in [6, 6.07) is -0.600. The minimum atomic E-state index is -2.89. The number of sulfone groups is 1. The number of aliphatic hydroxyl groups is 1. The summed E-state index contributed by atoms with van der Waals surface area (Å²) in [5, 5.41) is 14.1. The third kappa shape index (κ3) is 4.91. The quantitative estimate of drug-likeness (QED) is 0.623. The smallest absolute Gasteiger partial charge is 0.315 e. The number of urea groups is 1. The molecule has 1 fully saturated rings. The van der Waals surface area contributed by atoms with E-state index in [1.165, 1.54) is 0 Å². The molecular weight excluding hydrogens is 244 g/mol. The summed E-state index contributed by atoms with van der Waals surface area (Å²) >= 11 is 0. The summed E-state index contributed by atoms with van der Waals surface area (Å²) in [6.45, 7) is 2.14. The number of carbonyl (C=O) groups excluding carboxylic acids is 1. The van der Waals surface area contributed by atoms with Crippen LogP contribution in [-0.4, -0.2) is 50.3 Å². The molecule has 0 radical (unpaired) electrons. The Balaban J connectivity index is 2.25. The zero-order chi connectivity index (χ0) is 12.9. The second-order valence-electron chi connectivity index (χ2n) is 4.41. The van der Waals surface area contributed by atoms with Crippen LogP contribution >= 0.6 is 0 Å². The van der Waals surface area contributed by atoms with Crippen molar-refractivity contribution < 1.29 is 18.3 Å². The van der Waals surface area contributed by atoms with Crippen molar-refractivity contribution in [2.75, 3.05) is 24.7 Å². The van der Waals surface area contributed by atoms with Gasteiger partial charge in [-0.1, -0.05) is 6.92 Å². The molecule has 2 atom stereocenters. The summed E-state index contributed by atoms with van der Waals surface area (Å²) in [5.41, 5.74) is 0. The molecular formula is C10H20N2O4S. The largest absolute Gasteiger partial charge is 0.394 e. The average molecular weight is 264 g/mol. The Labute approximate surface area is 102 Å². The first-order valence-electron chi connectivity index (χ1n) is 5.82. The van der Waals surface area contributed by atoms with E-state index in [0.29, 0.717) is 19.4 Å². The third-order valence-corrected chi connectivity index (χ3v) is 4.76. The molecule has 0 aromatic heterocycles. The predicted molar refractivity (Wildman–Crippen MR) is 64.5 cm³/mol. The lowest BCUT2D eigenvalue weighted by atomic mass is 10.1. The highest BCUT2D eigenvalue weighted by Crippen LogP contribution is 2.17. The van der Waals surface area contributed by atoms with Crippen molar-refractivity contribution in [1.82, 2.24) is 10.6 Å². The first kappa shape index (κ1) is 14.2. The van der Waals surface area contributed by atoms with Gasteiger partial charge in [-0.3, -0.25) is 0 Å². The molecule has 0 bridgehead atoms. The van der Waals surface area contributed by atoms with E-state index in [1.54, 1.807) is 0 Å². The second-order valence-corrected chi connectivity index (χ2v) is 6.64. The van der Waals surface area contributed by atoms with Crippen LogP contribution in [0.1, 0.15) is 19.8 Å². The van der Waals surface area contributed by atoms with Crippen LogP contribution < -0.4 is 10.6 Å². The van der Waals surface area contributed by atoms with Crippen molar-refractivity contribution in [1.29, 1.82) is 0 Å². The molecule has 1 heterocycles. The minimum absolute atomic E-state index is 0.0138. The Bertz CT molecular complexity index is 351. The van der Waals surface area contributed by atoms with Gasteiger partial charge in [0.05, 0.1) is 24.2 Å². The molecule has 0 saturated carbocycles. The third-order valence-electron chi connectivity index (χ3n) is 2.93. The molecule has 6 nitrogen and oxygen atoms in total. The fourth-order valence-electron chi connectivity index (χ4n) is 1.78. The normalized spacial score (nSPS) is 24.2. The van der Waals surface area contributed by atoms with Crippen LogP contribution in [0.15, 0.2) is 0 Å². The van der Waals surface area contributed by atoms with Crippen LogP contribution in [0.5, 0.6) is 0 Å². The monoisotopic (exact) mass is 264 g/mol. The molecule has 0 spiro atoms. The van der Waals surface area contributed by atoms with Crippen molar-refractivity contribution in [2.45, 2.75) is 25.8 Å². The molecule has 0 unspecified atom stereocenters. The number of nitrogens with one attached hydrogen (secondary N) is 2. The maximum Gasteiger partial charge on any atom is 0.315 e. The van der Waals surface area contributed by atoms with Crippen LogP contribution in [-0.2, 0) is 9.84 Å². The topological polar surface area (TPSA) is 95.5 Å². The summed E-state index contributed by atoms with van der Waals surface area (Å²) in [7, 11) is -2.89. The molecule has 17 heavy (non-hydrogen) atoms. The van der Waals surface area contributed by atoms with Gasteiger partial charge in [0, 0.05) is 6.54 Å². The first-order chi connectivity index (χ1) is 7.96. The van der Waals surface area contributed by atoms with Gasteiger partial charge in [0.1, 0.15) is 0 Å². The zero-order valence-electron chi connectivity index (χ0n) is 9.98.